The molecule has 0 fully saturated rings. The van der Waals surface area contributed by atoms with E-state index in [-0.39, 0.29) is 11.9 Å². The smallest absolute Gasteiger partial charge is 0.123 e. The molecule has 0 radical (unpaired) electrons. The SMILES string of the molecule is Cc1ccc(F)cc1[C@@H](N)C(C)C. The predicted octanol–water partition coefficient (Wildman–Crippen LogP) is 2.79. The van der Waals surface area contributed by atoms with Crippen molar-refractivity contribution < 1.29 is 4.39 Å². The lowest BCUT2D eigenvalue weighted by atomic mass is 9.93. The Morgan fingerprint density at radius 1 is 1.31 bits per heavy atom. The van der Waals surface area contributed by atoms with Crippen molar-refractivity contribution in [2.75, 3.05) is 0 Å². The van der Waals surface area contributed by atoms with E-state index in [0.29, 0.717) is 5.92 Å². The molecule has 2 heteroatoms. The number of hydrogen-bond donors (Lipinski definition) is 1. The molecule has 0 aliphatic heterocycles. The second-order valence-electron chi connectivity index (χ2n) is 3.77. The summed E-state index contributed by atoms with van der Waals surface area (Å²) in [6, 6.07) is 4.69. The Labute approximate surface area is 78.8 Å². The second kappa shape index (κ2) is 3.88. The van der Waals surface area contributed by atoms with Crippen LogP contribution in [0.2, 0.25) is 0 Å². The van der Waals surface area contributed by atoms with E-state index in [2.05, 4.69) is 0 Å². The summed E-state index contributed by atoms with van der Waals surface area (Å²) in [4.78, 5) is 0. The summed E-state index contributed by atoms with van der Waals surface area (Å²) < 4.78 is 12.9. The summed E-state index contributed by atoms with van der Waals surface area (Å²) in [7, 11) is 0. The fourth-order valence-electron chi connectivity index (χ4n) is 1.33. The first kappa shape index (κ1) is 10.2. The Balaban J connectivity index is 3.05. The zero-order valence-corrected chi connectivity index (χ0v) is 8.34. The number of aryl methyl sites for hydroxylation is 1. The second-order valence-corrected chi connectivity index (χ2v) is 3.77. The number of hydrogen-bond acceptors (Lipinski definition) is 1. The topological polar surface area (TPSA) is 26.0 Å². The third-order valence-electron chi connectivity index (χ3n) is 2.32. The molecule has 1 nitrogen and oxygen atoms in total. The van der Waals surface area contributed by atoms with Gasteiger partial charge in [-0.2, -0.15) is 0 Å². The molecule has 0 bridgehead atoms. The zero-order valence-electron chi connectivity index (χ0n) is 8.34. The van der Waals surface area contributed by atoms with E-state index in [1.807, 2.05) is 20.8 Å². The van der Waals surface area contributed by atoms with E-state index < -0.39 is 0 Å². The quantitative estimate of drug-likeness (QED) is 0.746. The minimum Gasteiger partial charge on any atom is -0.324 e. The molecule has 0 aliphatic carbocycles. The third kappa shape index (κ3) is 2.28. The molecule has 0 saturated carbocycles. The molecule has 1 aromatic rings. The predicted molar refractivity (Wildman–Crippen MR) is 52.9 cm³/mol. The molecule has 1 atom stereocenters. The van der Waals surface area contributed by atoms with Gasteiger partial charge < -0.3 is 5.73 Å². The summed E-state index contributed by atoms with van der Waals surface area (Å²) in [6.45, 7) is 6.03. The van der Waals surface area contributed by atoms with Crippen LogP contribution in [0.25, 0.3) is 0 Å². The Bertz CT molecular complexity index is 294. The van der Waals surface area contributed by atoms with Crippen LogP contribution in [0.1, 0.15) is 31.0 Å². The summed E-state index contributed by atoms with van der Waals surface area (Å²) in [6.07, 6.45) is 0. The van der Waals surface area contributed by atoms with Gasteiger partial charge in [-0.15, -0.1) is 0 Å². The van der Waals surface area contributed by atoms with Gasteiger partial charge in [0.25, 0.3) is 0 Å². The van der Waals surface area contributed by atoms with Crippen molar-refractivity contribution in [2.45, 2.75) is 26.8 Å². The maximum atomic E-state index is 12.9. The number of rotatable bonds is 2. The molecule has 0 heterocycles. The van der Waals surface area contributed by atoms with Gasteiger partial charge in [0.15, 0.2) is 0 Å². The van der Waals surface area contributed by atoms with Crippen molar-refractivity contribution in [1.82, 2.24) is 0 Å². The van der Waals surface area contributed by atoms with Gasteiger partial charge in [-0.25, -0.2) is 4.39 Å². The summed E-state index contributed by atoms with van der Waals surface area (Å²) >= 11 is 0. The number of benzene rings is 1. The maximum Gasteiger partial charge on any atom is 0.123 e. The van der Waals surface area contributed by atoms with E-state index >= 15 is 0 Å². The number of nitrogens with two attached hydrogens (primary N) is 1. The largest absolute Gasteiger partial charge is 0.324 e. The average molecular weight is 181 g/mol. The lowest BCUT2D eigenvalue weighted by Gasteiger charge is -2.18. The van der Waals surface area contributed by atoms with Crippen LogP contribution in [0.4, 0.5) is 4.39 Å². The first-order valence-corrected chi connectivity index (χ1v) is 4.54. The van der Waals surface area contributed by atoms with Crippen molar-refractivity contribution in [3.05, 3.63) is 35.1 Å². The average Bonchev–Trinajstić information content (AvgIpc) is 2.08. The highest BCUT2D eigenvalue weighted by Crippen LogP contribution is 2.22. The Hall–Kier alpha value is -0.890. The minimum absolute atomic E-state index is 0.0734. The molecular weight excluding hydrogens is 165 g/mol. The van der Waals surface area contributed by atoms with E-state index in [4.69, 9.17) is 5.73 Å². The summed E-state index contributed by atoms with van der Waals surface area (Å²) in [5.41, 5.74) is 7.91. The first-order chi connectivity index (χ1) is 6.02. The fourth-order valence-corrected chi connectivity index (χ4v) is 1.33. The van der Waals surface area contributed by atoms with Gasteiger partial charge in [0, 0.05) is 6.04 Å². The van der Waals surface area contributed by atoms with Crippen molar-refractivity contribution in [2.24, 2.45) is 11.7 Å². The molecule has 0 spiro atoms. The minimum atomic E-state index is -0.211. The van der Waals surface area contributed by atoms with Crippen LogP contribution in [0.15, 0.2) is 18.2 Å². The molecule has 0 aromatic heterocycles. The molecule has 0 amide bonds. The van der Waals surface area contributed by atoms with Gasteiger partial charge in [-0.1, -0.05) is 19.9 Å². The van der Waals surface area contributed by atoms with Crippen LogP contribution >= 0.6 is 0 Å². The van der Waals surface area contributed by atoms with Gasteiger partial charge in [0.2, 0.25) is 0 Å². The Kier molecular flexibility index (Phi) is 3.04. The van der Waals surface area contributed by atoms with Crippen molar-refractivity contribution >= 4 is 0 Å². The van der Waals surface area contributed by atoms with Gasteiger partial charge in [-0.3, -0.25) is 0 Å². The standard InChI is InChI=1S/C11H16FN/c1-7(2)11(13)10-6-9(12)5-4-8(10)3/h4-7,11H,13H2,1-3H3/t11-/m0/s1. The molecule has 13 heavy (non-hydrogen) atoms. The summed E-state index contributed by atoms with van der Waals surface area (Å²) in [5, 5.41) is 0. The normalized spacial score (nSPS) is 13.4. The van der Waals surface area contributed by atoms with Gasteiger partial charge in [0.05, 0.1) is 0 Å². The Morgan fingerprint density at radius 2 is 1.92 bits per heavy atom. The molecule has 0 saturated heterocycles. The van der Waals surface area contributed by atoms with Crippen molar-refractivity contribution in [3.8, 4) is 0 Å². The lowest BCUT2D eigenvalue weighted by Crippen LogP contribution is -2.17. The number of halogens is 1. The van der Waals surface area contributed by atoms with Crippen LogP contribution in [0.5, 0.6) is 0 Å². The van der Waals surface area contributed by atoms with Crippen LogP contribution in [-0.4, -0.2) is 0 Å². The molecular formula is C11H16FN. The van der Waals surface area contributed by atoms with Gasteiger partial charge in [0.1, 0.15) is 5.82 Å². The highest BCUT2D eigenvalue weighted by Gasteiger charge is 2.13. The van der Waals surface area contributed by atoms with Crippen molar-refractivity contribution in [1.29, 1.82) is 0 Å². The van der Waals surface area contributed by atoms with Crippen molar-refractivity contribution in [3.63, 3.8) is 0 Å². The summed E-state index contributed by atoms with van der Waals surface area (Å²) in [5.74, 6) is 0.122. The highest BCUT2D eigenvalue weighted by atomic mass is 19.1. The van der Waals surface area contributed by atoms with Gasteiger partial charge in [-0.05, 0) is 36.1 Å². The van der Waals surface area contributed by atoms with E-state index in [9.17, 15) is 4.39 Å². The van der Waals surface area contributed by atoms with E-state index in [0.717, 1.165) is 11.1 Å². The molecule has 2 N–H and O–H groups in total. The molecule has 0 unspecified atom stereocenters. The first-order valence-electron chi connectivity index (χ1n) is 4.54. The van der Waals surface area contributed by atoms with Crippen LogP contribution in [0, 0.1) is 18.7 Å². The Morgan fingerprint density at radius 3 is 2.46 bits per heavy atom. The van der Waals surface area contributed by atoms with Crippen LogP contribution in [-0.2, 0) is 0 Å². The molecule has 72 valence electrons. The molecule has 1 aromatic carbocycles. The highest BCUT2D eigenvalue weighted by molar-refractivity contribution is 5.29. The monoisotopic (exact) mass is 181 g/mol. The molecule has 0 aliphatic rings. The molecule has 1 rings (SSSR count). The van der Waals surface area contributed by atoms with Crippen LogP contribution < -0.4 is 5.73 Å². The van der Waals surface area contributed by atoms with E-state index in [1.165, 1.54) is 12.1 Å². The fraction of sp³-hybridized carbons (Fsp3) is 0.455. The maximum absolute atomic E-state index is 12.9. The zero-order chi connectivity index (χ0) is 10.0. The van der Waals surface area contributed by atoms with Crippen LogP contribution in [0.3, 0.4) is 0 Å². The van der Waals surface area contributed by atoms with E-state index in [1.54, 1.807) is 6.07 Å². The lowest BCUT2D eigenvalue weighted by molar-refractivity contribution is 0.508. The van der Waals surface area contributed by atoms with Gasteiger partial charge >= 0.3 is 0 Å². The third-order valence-corrected chi connectivity index (χ3v) is 2.32.